The van der Waals surface area contributed by atoms with Crippen LogP contribution in [-0.4, -0.2) is 320 Å². The van der Waals surface area contributed by atoms with Crippen molar-refractivity contribution in [3.05, 3.63) is 172 Å². The minimum Gasteiger partial charge on any atom is -0.508 e. The number of methoxy groups -OCH3 is 5. The first-order chi connectivity index (χ1) is 57.7. The van der Waals surface area contributed by atoms with E-state index in [1.165, 1.54) is 24.3 Å². The first-order valence-electron chi connectivity index (χ1n) is 38.1. The van der Waals surface area contributed by atoms with Gasteiger partial charge in [-0.05, 0) is 72.8 Å². The predicted molar refractivity (Wildman–Crippen MR) is 442 cm³/mol. The monoisotopic (exact) mass is 1680 g/mol. The number of para-hydroxylation sites is 5. The predicted octanol–water partition coefficient (Wildman–Crippen LogP) is 8.08. The lowest BCUT2D eigenvalue weighted by Gasteiger charge is -2.09. The molecule has 0 atom stereocenters. The van der Waals surface area contributed by atoms with Crippen molar-refractivity contribution < 1.29 is 138 Å². The van der Waals surface area contributed by atoms with E-state index < -0.39 is 21.4 Å². The van der Waals surface area contributed by atoms with Gasteiger partial charge < -0.3 is 147 Å². The summed E-state index contributed by atoms with van der Waals surface area (Å²) in [6.45, 7) is 20.7. The molecule has 0 heterocycles. The summed E-state index contributed by atoms with van der Waals surface area (Å²) in [4.78, 5) is 19.6. The Kier molecular flexibility index (Phi) is 78.7. The fourth-order valence-corrected chi connectivity index (χ4v) is 7.98. The highest BCUT2D eigenvalue weighted by molar-refractivity contribution is 5.52. The lowest BCUT2D eigenvalue weighted by Crippen LogP contribution is -2.13. The Morgan fingerprint density at radius 3 is 0.890 bits per heavy atom. The highest BCUT2D eigenvalue weighted by Crippen LogP contribution is 2.26. The van der Waals surface area contributed by atoms with Crippen LogP contribution in [-0.2, 0) is 94.7 Å². The fraction of sp³-hybridized carbons (Fsp3) is 0.556. The van der Waals surface area contributed by atoms with Crippen molar-refractivity contribution in [2.75, 3.05) is 323 Å². The third kappa shape index (κ3) is 72.6. The van der Waals surface area contributed by atoms with Gasteiger partial charge in [0.25, 0.3) is 0 Å². The molecule has 0 aliphatic rings. The molecule has 6 rings (SSSR count). The Bertz CT molecular complexity index is 3160. The van der Waals surface area contributed by atoms with Gasteiger partial charge in [0.05, 0.1) is 253 Å². The van der Waals surface area contributed by atoms with E-state index in [1.807, 2.05) is 48.5 Å². The molecular formula is C81H129FN6O30. The zero-order valence-electron chi connectivity index (χ0n) is 69.0. The van der Waals surface area contributed by atoms with Gasteiger partial charge in [0.1, 0.15) is 49.4 Å². The number of nitrogens with zero attached hydrogens (tertiary/aromatic N) is 2. The molecule has 10 N–H and O–H groups in total. The molecule has 36 nitrogen and oxygen atoms in total. The number of aliphatic hydroxyl groups excluding tert-OH is 1. The van der Waals surface area contributed by atoms with Gasteiger partial charge in [-0.3, -0.25) is 20.2 Å². The van der Waals surface area contributed by atoms with Gasteiger partial charge in [0, 0.05) is 76.9 Å². The average molecular weight is 1690 g/mol. The van der Waals surface area contributed by atoms with Gasteiger partial charge in [0.2, 0.25) is 5.82 Å². The van der Waals surface area contributed by atoms with E-state index >= 15 is 0 Å². The summed E-state index contributed by atoms with van der Waals surface area (Å²) < 4.78 is 138. The smallest absolute Gasteiger partial charge is 0.310 e. The van der Waals surface area contributed by atoms with Gasteiger partial charge in [-0.2, -0.15) is 4.39 Å². The van der Waals surface area contributed by atoms with Crippen molar-refractivity contribution in [3.63, 3.8) is 0 Å². The largest absolute Gasteiger partial charge is 0.508 e. The number of phenolic OH excluding ortho intramolecular Hbond substituents is 1. The van der Waals surface area contributed by atoms with Crippen LogP contribution in [0.5, 0.6) is 28.7 Å². The number of aliphatic hydroxyl groups is 1. The number of anilines is 4. The number of aromatic hydroxyl groups is 1. The van der Waals surface area contributed by atoms with Crippen LogP contribution in [0, 0.1) is 26.0 Å². The van der Waals surface area contributed by atoms with Crippen molar-refractivity contribution in [2.45, 2.75) is 0 Å². The zero-order chi connectivity index (χ0) is 86.3. The third-order valence-electron chi connectivity index (χ3n) is 13.7. The molecule has 0 unspecified atom stereocenters. The second-order valence-electron chi connectivity index (χ2n) is 23.0. The molecule has 0 aliphatic heterocycles. The first-order valence-corrected chi connectivity index (χ1v) is 38.1. The molecule has 37 heteroatoms. The first kappa shape index (κ1) is 109. The van der Waals surface area contributed by atoms with Gasteiger partial charge in [-0.1, -0.05) is 48.5 Å². The number of phenols is 1. The van der Waals surface area contributed by atoms with Crippen LogP contribution in [0.4, 0.5) is 38.5 Å². The summed E-state index contributed by atoms with van der Waals surface area (Å²) in [5.41, 5.74) is 24.4. The van der Waals surface area contributed by atoms with Crippen LogP contribution >= 0.6 is 0 Å². The minimum absolute atomic E-state index is 0.0516. The number of nitro groups is 2. The molecule has 0 fully saturated rings. The van der Waals surface area contributed by atoms with Gasteiger partial charge in [-0.25, -0.2) is 0 Å². The molecule has 0 aromatic heterocycles. The highest BCUT2D eigenvalue weighted by Gasteiger charge is 2.14. The second-order valence-corrected chi connectivity index (χ2v) is 23.0. The number of nitrogens with two attached hydrogens (primary N) is 4. The Hall–Kier alpha value is -8.59. The van der Waals surface area contributed by atoms with E-state index in [1.54, 1.807) is 96.2 Å². The fourth-order valence-electron chi connectivity index (χ4n) is 7.98. The quantitative estimate of drug-likeness (QED) is 0.00908. The molecule has 6 aromatic carbocycles. The Morgan fingerprint density at radius 1 is 0.288 bits per heavy atom. The molecule has 0 saturated carbocycles. The minimum atomic E-state index is -0.799. The standard InChI is InChI=1S/C15H23NO7.3C15H25NO5.C9H20O5.C6H4FNO2.C6H7NO/c1-19-6-7-20-8-9-21-10-11-22-12-13-23-15-5-3-2-4-14(15)16(17)18;1-17-6-7-18-8-9-19-10-11-20-12-13-21-15-4-2-14(16)3-5-15;1-17-5-6-18-7-8-19-9-10-20-11-12-21-15-4-2-3-14(16)13-15;1-17-6-7-18-8-9-19-10-11-20-12-13-21-15-5-3-2-4-14(15)16;1-11-4-5-13-8-9-14-7-6-12-3-2-10;7-5-3-1-2-4-6(5)8(9)10;7-5-2-1-3-6(8)4-5/h2-5H,6-13H2,1H3;2-5H,6-13,16H2,1H3;2-4,13H,5-12,16H2,1H3;2-5H,6-13,16H2,1H3;10H,2-9H2,1H3;1-4H;1-4,8H,7H2. The van der Waals surface area contributed by atoms with Crippen molar-refractivity contribution in [1.29, 1.82) is 0 Å². The molecule has 0 amide bonds. The molecule has 0 saturated heterocycles. The van der Waals surface area contributed by atoms with Crippen LogP contribution < -0.4 is 41.9 Å². The zero-order valence-corrected chi connectivity index (χ0v) is 69.0. The van der Waals surface area contributed by atoms with Crippen LogP contribution in [0.3, 0.4) is 0 Å². The molecule has 0 bridgehead atoms. The van der Waals surface area contributed by atoms with E-state index in [4.69, 9.17) is 147 Å². The van der Waals surface area contributed by atoms with Crippen LogP contribution in [0.25, 0.3) is 0 Å². The molecule has 6 aromatic rings. The van der Waals surface area contributed by atoms with Gasteiger partial charge in [-0.15, -0.1) is 0 Å². The van der Waals surface area contributed by atoms with E-state index in [0.29, 0.717) is 274 Å². The summed E-state index contributed by atoms with van der Waals surface area (Å²) in [7, 11) is 8.20. The van der Waals surface area contributed by atoms with Crippen molar-refractivity contribution in [1.82, 2.24) is 0 Å². The summed E-state index contributed by atoms with van der Waals surface area (Å²) >= 11 is 0. The Morgan fingerprint density at radius 2 is 0.576 bits per heavy atom. The van der Waals surface area contributed by atoms with E-state index in [0.717, 1.165) is 29.3 Å². The topological polar surface area (TPSA) is 452 Å². The van der Waals surface area contributed by atoms with Crippen molar-refractivity contribution in [2.24, 2.45) is 0 Å². The maximum absolute atomic E-state index is 12.4. The van der Waals surface area contributed by atoms with Crippen molar-refractivity contribution in [3.8, 4) is 28.7 Å². The highest BCUT2D eigenvalue weighted by atomic mass is 19.1. The molecule has 670 valence electrons. The number of benzene rings is 6. The second kappa shape index (κ2) is 84.8. The summed E-state index contributed by atoms with van der Waals surface area (Å²) in [5.74, 6) is 1.88. The number of hydrogen-bond acceptors (Lipinski definition) is 34. The van der Waals surface area contributed by atoms with Gasteiger partial charge in [0.15, 0.2) is 5.75 Å². The SMILES string of the molecule is COCCOCCOCCOCCO.COCCOCCOCCOCCOc1ccc(N)cc1.COCCOCCOCCOCCOc1cccc(N)c1.COCCOCCOCCOCCOc1ccccc1N.COCCOCCOCCOCCOc1ccccc1[N+](=O)[O-].Nc1cccc(O)c1.O=[N+]([O-])c1ccccc1F. The summed E-state index contributed by atoms with van der Waals surface area (Å²) in [6, 6.07) is 39.7. The van der Waals surface area contributed by atoms with Crippen LogP contribution in [0.2, 0.25) is 0 Å². The molecule has 0 aliphatic carbocycles. The number of nitro benzene ring substituents is 2. The molecule has 118 heavy (non-hydrogen) atoms. The summed E-state index contributed by atoms with van der Waals surface area (Å²) in [6.07, 6.45) is 0. The number of hydrogen-bond donors (Lipinski definition) is 6. The number of halogens is 1. The lowest BCUT2D eigenvalue weighted by atomic mass is 10.3. The van der Waals surface area contributed by atoms with E-state index in [9.17, 15) is 24.6 Å². The van der Waals surface area contributed by atoms with E-state index in [-0.39, 0.29) is 30.4 Å². The number of ether oxygens (including phenoxy) is 24. The molecular weight excluding hydrogens is 1560 g/mol. The van der Waals surface area contributed by atoms with Crippen LogP contribution in [0.15, 0.2) is 146 Å². The summed E-state index contributed by atoms with van der Waals surface area (Å²) in [5, 5.41) is 37.9. The normalized spacial score (nSPS) is 10.5. The number of nitrogen functional groups attached to an aromatic ring is 4. The molecule has 0 spiro atoms. The van der Waals surface area contributed by atoms with Crippen LogP contribution in [0.1, 0.15) is 0 Å². The maximum Gasteiger partial charge on any atom is 0.310 e. The molecule has 0 radical (unpaired) electrons. The maximum atomic E-state index is 12.4. The number of rotatable bonds is 65. The van der Waals surface area contributed by atoms with E-state index in [2.05, 4.69) is 0 Å². The van der Waals surface area contributed by atoms with Gasteiger partial charge >= 0.3 is 11.4 Å². The Balaban J connectivity index is 0.00000138. The Labute approximate surface area is 692 Å². The third-order valence-corrected chi connectivity index (χ3v) is 13.7. The average Bonchev–Trinajstić information content (AvgIpc) is 0.874. The van der Waals surface area contributed by atoms with Crippen molar-refractivity contribution >= 4 is 34.1 Å². The lowest BCUT2D eigenvalue weighted by molar-refractivity contribution is -0.387.